The van der Waals surface area contributed by atoms with Crippen molar-refractivity contribution in [3.05, 3.63) is 66.4 Å². The SMILES string of the molecule is COc1ccc(-c2ccnc(N[C@H]3CO[C@H]4[C@@H]3OC[C@H]4OC(=O)Nc3cccc(C(C)=O)c3)n2)cc1. The average molecular weight is 491 g/mol. The lowest BCUT2D eigenvalue weighted by Gasteiger charge is -2.18. The molecule has 3 aromatic rings. The van der Waals surface area contributed by atoms with Gasteiger partial charge in [0.25, 0.3) is 0 Å². The fraction of sp³-hybridized carbons (Fsp3) is 0.308. The number of amides is 1. The molecule has 10 nitrogen and oxygen atoms in total. The maximum atomic E-state index is 12.5. The van der Waals surface area contributed by atoms with Crippen molar-refractivity contribution in [3.8, 4) is 17.0 Å². The summed E-state index contributed by atoms with van der Waals surface area (Å²) in [6, 6.07) is 15.9. The van der Waals surface area contributed by atoms with E-state index in [-0.39, 0.29) is 24.5 Å². The number of carbonyl (C=O) groups is 2. The van der Waals surface area contributed by atoms with E-state index < -0.39 is 18.3 Å². The van der Waals surface area contributed by atoms with Crippen LogP contribution >= 0.6 is 0 Å². The number of nitrogens with one attached hydrogen (secondary N) is 2. The zero-order chi connectivity index (χ0) is 25.1. The summed E-state index contributed by atoms with van der Waals surface area (Å²) in [6.45, 7) is 2.03. The highest BCUT2D eigenvalue weighted by Gasteiger charge is 2.49. The van der Waals surface area contributed by atoms with Crippen molar-refractivity contribution in [2.45, 2.75) is 31.3 Å². The van der Waals surface area contributed by atoms with Gasteiger partial charge in [0, 0.05) is 23.0 Å². The first-order chi connectivity index (χ1) is 17.5. The number of benzene rings is 2. The Balaban J connectivity index is 1.19. The number of ketones is 1. The lowest BCUT2D eigenvalue weighted by molar-refractivity contribution is 0.00916. The molecule has 4 atom stereocenters. The molecule has 2 aliphatic rings. The van der Waals surface area contributed by atoms with Crippen molar-refractivity contribution >= 4 is 23.5 Å². The molecule has 0 spiro atoms. The van der Waals surface area contributed by atoms with E-state index in [4.69, 9.17) is 18.9 Å². The quantitative estimate of drug-likeness (QED) is 0.479. The number of fused-ring (bicyclic) bond motifs is 1. The molecule has 3 heterocycles. The van der Waals surface area contributed by atoms with Crippen LogP contribution in [0.25, 0.3) is 11.3 Å². The van der Waals surface area contributed by atoms with E-state index in [1.54, 1.807) is 37.6 Å². The number of Topliss-reactive ketones (excluding diaryl/α,β-unsaturated/α-hetero) is 1. The van der Waals surface area contributed by atoms with Gasteiger partial charge in [-0.3, -0.25) is 10.1 Å². The third-order valence-corrected chi connectivity index (χ3v) is 6.14. The maximum absolute atomic E-state index is 12.5. The van der Waals surface area contributed by atoms with Crippen molar-refractivity contribution < 1.29 is 28.5 Å². The fourth-order valence-corrected chi connectivity index (χ4v) is 4.31. The minimum absolute atomic E-state index is 0.0875. The van der Waals surface area contributed by atoms with Gasteiger partial charge in [0.1, 0.15) is 18.0 Å². The van der Waals surface area contributed by atoms with Crippen molar-refractivity contribution in [1.29, 1.82) is 0 Å². The molecule has 1 aromatic heterocycles. The van der Waals surface area contributed by atoms with Crippen LogP contribution in [0.5, 0.6) is 5.75 Å². The monoisotopic (exact) mass is 490 g/mol. The van der Waals surface area contributed by atoms with Gasteiger partial charge in [-0.05, 0) is 49.4 Å². The van der Waals surface area contributed by atoms with E-state index in [9.17, 15) is 9.59 Å². The average Bonchev–Trinajstić information content (AvgIpc) is 3.47. The number of methoxy groups -OCH3 is 1. The highest BCUT2D eigenvalue weighted by atomic mass is 16.6. The molecule has 2 fully saturated rings. The normalized spacial score (nSPS) is 22.5. The fourth-order valence-electron chi connectivity index (χ4n) is 4.31. The van der Waals surface area contributed by atoms with E-state index >= 15 is 0 Å². The Kier molecular flexibility index (Phi) is 6.79. The molecule has 0 bridgehead atoms. The first-order valence-electron chi connectivity index (χ1n) is 11.6. The summed E-state index contributed by atoms with van der Waals surface area (Å²) in [5.74, 6) is 1.14. The van der Waals surface area contributed by atoms with Gasteiger partial charge in [-0.25, -0.2) is 14.8 Å². The van der Waals surface area contributed by atoms with Crippen LogP contribution in [0.4, 0.5) is 16.4 Å². The zero-order valence-electron chi connectivity index (χ0n) is 19.8. The van der Waals surface area contributed by atoms with Crippen molar-refractivity contribution in [2.75, 3.05) is 31.0 Å². The van der Waals surface area contributed by atoms with E-state index in [0.717, 1.165) is 17.0 Å². The molecule has 10 heteroatoms. The molecule has 186 valence electrons. The molecular formula is C26H26N4O6. The number of hydrogen-bond donors (Lipinski definition) is 2. The van der Waals surface area contributed by atoms with Crippen LogP contribution < -0.4 is 15.4 Å². The summed E-state index contributed by atoms with van der Waals surface area (Å²) >= 11 is 0. The van der Waals surface area contributed by atoms with E-state index in [0.29, 0.717) is 23.8 Å². The lowest BCUT2D eigenvalue weighted by atomic mass is 10.1. The number of hydrogen-bond acceptors (Lipinski definition) is 9. The molecule has 0 aliphatic carbocycles. The molecule has 2 aliphatic heterocycles. The Morgan fingerprint density at radius 3 is 2.61 bits per heavy atom. The highest BCUT2D eigenvalue weighted by molar-refractivity contribution is 5.96. The van der Waals surface area contributed by atoms with E-state index in [1.807, 2.05) is 30.3 Å². The van der Waals surface area contributed by atoms with Gasteiger partial charge in [-0.2, -0.15) is 0 Å². The summed E-state index contributed by atoms with van der Waals surface area (Å²) in [5.41, 5.74) is 2.68. The number of rotatable bonds is 7. The Morgan fingerprint density at radius 2 is 1.83 bits per heavy atom. The van der Waals surface area contributed by atoms with Crippen LogP contribution in [0.2, 0.25) is 0 Å². The number of ether oxygens (including phenoxy) is 4. The molecule has 2 saturated heterocycles. The Labute approximate surface area is 207 Å². The first kappa shape index (κ1) is 23.7. The second-order valence-corrected chi connectivity index (χ2v) is 8.55. The molecular weight excluding hydrogens is 464 g/mol. The van der Waals surface area contributed by atoms with Gasteiger partial charge in [-0.1, -0.05) is 12.1 Å². The minimum Gasteiger partial charge on any atom is -0.497 e. The summed E-state index contributed by atoms with van der Waals surface area (Å²) in [5, 5.41) is 5.95. The van der Waals surface area contributed by atoms with Gasteiger partial charge >= 0.3 is 6.09 Å². The first-order valence-corrected chi connectivity index (χ1v) is 11.6. The van der Waals surface area contributed by atoms with E-state index in [2.05, 4.69) is 20.6 Å². The summed E-state index contributed by atoms with van der Waals surface area (Å²) in [6.07, 6.45) is -0.252. The standard InChI is InChI=1S/C26H26N4O6/c1-15(31)17-4-3-5-18(12-17)28-26(32)36-22-14-35-23-21(13-34-24(22)23)30-25-27-11-10-20(29-25)16-6-8-19(33-2)9-7-16/h3-12,21-24H,13-14H2,1-2H3,(H,28,32)(H,27,29,30)/t21-,22+,23+,24+/m0/s1. The predicted molar refractivity (Wildman–Crippen MR) is 131 cm³/mol. The van der Waals surface area contributed by atoms with Crippen LogP contribution in [-0.2, 0) is 14.2 Å². The van der Waals surface area contributed by atoms with Gasteiger partial charge in [-0.15, -0.1) is 0 Å². The molecule has 36 heavy (non-hydrogen) atoms. The van der Waals surface area contributed by atoms with Crippen molar-refractivity contribution in [1.82, 2.24) is 9.97 Å². The topological polar surface area (TPSA) is 121 Å². The summed E-state index contributed by atoms with van der Waals surface area (Å²) in [7, 11) is 1.63. The lowest BCUT2D eigenvalue weighted by Crippen LogP contribution is -2.38. The van der Waals surface area contributed by atoms with Gasteiger partial charge in [0.05, 0.1) is 32.1 Å². The Bertz CT molecular complexity index is 1250. The summed E-state index contributed by atoms with van der Waals surface area (Å²) < 4.78 is 22.6. The second kappa shape index (κ2) is 10.3. The smallest absolute Gasteiger partial charge is 0.412 e. The molecule has 5 rings (SSSR count). The summed E-state index contributed by atoms with van der Waals surface area (Å²) in [4.78, 5) is 33.0. The number of nitrogens with zero attached hydrogens (tertiary/aromatic N) is 2. The third-order valence-electron chi connectivity index (χ3n) is 6.14. The van der Waals surface area contributed by atoms with Gasteiger partial charge < -0.3 is 24.3 Å². The van der Waals surface area contributed by atoms with Crippen LogP contribution in [0.15, 0.2) is 60.8 Å². The van der Waals surface area contributed by atoms with Crippen LogP contribution in [0, 0.1) is 0 Å². The maximum Gasteiger partial charge on any atom is 0.412 e. The highest BCUT2D eigenvalue weighted by Crippen LogP contribution is 2.31. The largest absolute Gasteiger partial charge is 0.497 e. The molecule has 1 amide bonds. The molecule has 0 radical (unpaired) electrons. The van der Waals surface area contributed by atoms with Crippen molar-refractivity contribution in [2.24, 2.45) is 0 Å². The number of aromatic nitrogens is 2. The molecule has 0 unspecified atom stereocenters. The molecule has 2 N–H and O–H groups in total. The van der Waals surface area contributed by atoms with Crippen LogP contribution in [0.1, 0.15) is 17.3 Å². The minimum atomic E-state index is -0.638. The Hall–Kier alpha value is -4.02. The molecule has 0 saturated carbocycles. The number of anilines is 2. The van der Waals surface area contributed by atoms with Crippen molar-refractivity contribution in [3.63, 3.8) is 0 Å². The zero-order valence-corrected chi connectivity index (χ0v) is 19.8. The van der Waals surface area contributed by atoms with Gasteiger partial charge in [0.15, 0.2) is 11.9 Å². The van der Waals surface area contributed by atoms with Crippen LogP contribution in [-0.4, -0.2) is 66.5 Å². The number of carbonyl (C=O) groups excluding carboxylic acids is 2. The predicted octanol–water partition coefficient (Wildman–Crippen LogP) is 3.55. The second-order valence-electron chi connectivity index (χ2n) is 8.55. The Morgan fingerprint density at radius 1 is 1.03 bits per heavy atom. The van der Waals surface area contributed by atoms with E-state index in [1.165, 1.54) is 6.92 Å². The third kappa shape index (κ3) is 5.14. The van der Waals surface area contributed by atoms with Crippen LogP contribution in [0.3, 0.4) is 0 Å². The van der Waals surface area contributed by atoms with Gasteiger partial charge in [0.2, 0.25) is 5.95 Å². The molecule has 2 aromatic carbocycles.